The van der Waals surface area contributed by atoms with Crippen LogP contribution in [0.1, 0.15) is 5.56 Å². The molecule has 0 aliphatic carbocycles. The van der Waals surface area contributed by atoms with Crippen LogP contribution in [0.4, 0.5) is 5.69 Å². The average molecular weight is 221 g/mol. The number of amides is 1. The Hall–Kier alpha value is -2.35. The first-order valence-corrected chi connectivity index (χ1v) is 5.52. The molecule has 1 heterocycles. The minimum Gasteiger partial charge on any atom is -0.277 e. The van der Waals surface area contributed by atoms with Gasteiger partial charge in [-0.2, -0.15) is 0 Å². The van der Waals surface area contributed by atoms with E-state index >= 15 is 0 Å². The third kappa shape index (κ3) is 1.64. The van der Waals surface area contributed by atoms with E-state index < -0.39 is 0 Å². The van der Waals surface area contributed by atoms with Crippen LogP contribution < -0.4 is 4.90 Å². The number of anilines is 1. The number of carbonyl (C=O) groups is 1. The number of hydrogen-bond acceptors (Lipinski definition) is 1. The molecule has 17 heavy (non-hydrogen) atoms. The van der Waals surface area contributed by atoms with Crippen LogP contribution in [0.2, 0.25) is 0 Å². The standard InChI is InChI=1S/C15H11NO/c17-15-11-14(12-7-3-1-4-8-12)16(15)13-9-5-2-6-10-13/h1-11H. The Morgan fingerprint density at radius 1 is 0.765 bits per heavy atom. The zero-order valence-electron chi connectivity index (χ0n) is 9.21. The van der Waals surface area contributed by atoms with Crippen molar-refractivity contribution < 1.29 is 4.79 Å². The fourth-order valence-electron chi connectivity index (χ4n) is 1.96. The molecule has 3 rings (SSSR count). The number of nitrogens with zero attached hydrogens (tertiary/aromatic N) is 1. The maximum Gasteiger partial charge on any atom is 0.257 e. The van der Waals surface area contributed by atoms with E-state index in [1.54, 1.807) is 11.0 Å². The van der Waals surface area contributed by atoms with Crippen molar-refractivity contribution in [3.05, 3.63) is 72.3 Å². The highest BCUT2D eigenvalue weighted by molar-refractivity contribution is 6.23. The van der Waals surface area contributed by atoms with Crippen molar-refractivity contribution in [3.63, 3.8) is 0 Å². The van der Waals surface area contributed by atoms with Crippen LogP contribution in [0.15, 0.2) is 66.7 Å². The van der Waals surface area contributed by atoms with E-state index in [0.717, 1.165) is 16.9 Å². The number of carbonyl (C=O) groups excluding carboxylic acids is 1. The molecule has 0 N–H and O–H groups in total. The fraction of sp³-hybridized carbons (Fsp3) is 0. The van der Waals surface area contributed by atoms with Gasteiger partial charge in [0.2, 0.25) is 0 Å². The predicted octanol–water partition coefficient (Wildman–Crippen LogP) is 3.07. The van der Waals surface area contributed by atoms with Crippen LogP contribution in [0.25, 0.3) is 5.70 Å². The second-order valence-corrected chi connectivity index (χ2v) is 3.90. The Balaban J connectivity index is 1.99. The predicted molar refractivity (Wildman–Crippen MR) is 68.3 cm³/mol. The summed E-state index contributed by atoms with van der Waals surface area (Å²) in [6.45, 7) is 0. The van der Waals surface area contributed by atoms with Crippen molar-refractivity contribution in [1.82, 2.24) is 0 Å². The number of hydrogen-bond donors (Lipinski definition) is 0. The van der Waals surface area contributed by atoms with Gasteiger partial charge in [-0.05, 0) is 17.7 Å². The van der Waals surface area contributed by atoms with E-state index in [-0.39, 0.29) is 5.91 Å². The molecular formula is C15H11NO. The van der Waals surface area contributed by atoms with Crippen molar-refractivity contribution in [3.8, 4) is 0 Å². The normalized spacial score (nSPS) is 14.2. The summed E-state index contributed by atoms with van der Waals surface area (Å²) >= 11 is 0. The largest absolute Gasteiger partial charge is 0.277 e. The van der Waals surface area contributed by atoms with Crippen LogP contribution in [0.3, 0.4) is 0 Å². The van der Waals surface area contributed by atoms with Crippen molar-refractivity contribution in [1.29, 1.82) is 0 Å². The molecule has 0 saturated carbocycles. The first kappa shape index (κ1) is 9.85. The molecule has 2 heteroatoms. The lowest BCUT2D eigenvalue weighted by Crippen LogP contribution is -2.36. The number of benzene rings is 2. The van der Waals surface area contributed by atoms with Crippen molar-refractivity contribution in [2.45, 2.75) is 0 Å². The van der Waals surface area contributed by atoms with E-state index in [1.165, 1.54) is 0 Å². The quantitative estimate of drug-likeness (QED) is 0.763. The second-order valence-electron chi connectivity index (χ2n) is 3.90. The molecule has 2 aromatic carbocycles. The van der Waals surface area contributed by atoms with Crippen LogP contribution in [0, 0.1) is 0 Å². The second kappa shape index (κ2) is 3.91. The topological polar surface area (TPSA) is 20.3 Å². The highest BCUT2D eigenvalue weighted by Crippen LogP contribution is 2.32. The van der Waals surface area contributed by atoms with E-state index in [1.807, 2.05) is 60.7 Å². The molecule has 0 spiro atoms. The Kier molecular flexibility index (Phi) is 2.26. The maximum absolute atomic E-state index is 11.7. The molecule has 0 fully saturated rings. The van der Waals surface area contributed by atoms with Crippen LogP contribution in [-0.4, -0.2) is 5.91 Å². The molecule has 1 amide bonds. The van der Waals surface area contributed by atoms with Gasteiger partial charge < -0.3 is 0 Å². The lowest BCUT2D eigenvalue weighted by Gasteiger charge is -2.31. The van der Waals surface area contributed by atoms with Gasteiger partial charge in [0.15, 0.2) is 0 Å². The highest BCUT2D eigenvalue weighted by Gasteiger charge is 2.28. The summed E-state index contributed by atoms with van der Waals surface area (Å²) in [5.74, 6) is 0.0371. The summed E-state index contributed by atoms with van der Waals surface area (Å²) in [6, 6.07) is 19.6. The Labute approximate surface area is 99.8 Å². The maximum atomic E-state index is 11.7. The van der Waals surface area contributed by atoms with E-state index in [0.29, 0.717) is 0 Å². The molecular weight excluding hydrogens is 210 g/mol. The van der Waals surface area contributed by atoms with Gasteiger partial charge in [0, 0.05) is 11.8 Å². The van der Waals surface area contributed by atoms with Crippen molar-refractivity contribution >= 4 is 17.3 Å². The zero-order chi connectivity index (χ0) is 11.7. The van der Waals surface area contributed by atoms with Gasteiger partial charge in [-0.3, -0.25) is 9.69 Å². The van der Waals surface area contributed by atoms with E-state index in [4.69, 9.17) is 0 Å². The molecule has 2 aromatic rings. The molecule has 0 radical (unpaired) electrons. The van der Waals surface area contributed by atoms with Gasteiger partial charge in [-0.15, -0.1) is 0 Å². The minimum atomic E-state index is 0.0371. The molecule has 0 atom stereocenters. The summed E-state index contributed by atoms with van der Waals surface area (Å²) in [6.07, 6.45) is 1.67. The molecule has 2 nitrogen and oxygen atoms in total. The molecule has 0 unspecified atom stereocenters. The first-order chi connectivity index (χ1) is 8.36. The van der Waals surface area contributed by atoms with Gasteiger partial charge in [0.25, 0.3) is 5.91 Å². The molecule has 82 valence electrons. The smallest absolute Gasteiger partial charge is 0.257 e. The van der Waals surface area contributed by atoms with Crippen LogP contribution in [0.5, 0.6) is 0 Å². The summed E-state index contributed by atoms with van der Waals surface area (Å²) in [4.78, 5) is 13.4. The SMILES string of the molecule is O=C1C=C(c2ccccc2)N1c1ccccc1. The van der Waals surface area contributed by atoms with E-state index in [9.17, 15) is 4.79 Å². The van der Waals surface area contributed by atoms with Crippen molar-refractivity contribution in [2.24, 2.45) is 0 Å². The molecule has 1 aliphatic heterocycles. The molecule has 0 saturated heterocycles. The monoisotopic (exact) mass is 221 g/mol. The third-order valence-electron chi connectivity index (χ3n) is 2.81. The summed E-state index contributed by atoms with van der Waals surface area (Å²) in [5, 5.41) is 0. The third-order valence-corrected chi connectivity index (χ3v) is 2.81. The fourth-order valence-corrected chi connectivity index (χ4v) is 1.96. The minimum absolute atomic E-state index is 0.0371. The van der Waals surface area contributed by atoms with Crippen LogP contribution >= 0.6 is 0 Å². The van der Waals surface area contributed by atoms with Crippen LogP contribution in [-0.2, 0) is 4.79 Å². The van der Waals surface area contributed by atoms with E-state index in [2.05, 4.69) is 0 Å². The Bertz CT molecular complexity index is 572. The van der Waals surface area contributed by atoms with Crippen molar-refractivity contribution in [2.75, 3.05) is 4.90 Å². The summed E-state index contributed by atoms with van der Waals surface area (Å²) in [5.41, 5.74) is 2.94. The van der Waals surface area contributed by atoms with Gasteiger partial charge in [-0.1, -0.05) is 48.5 Å². The van der Waals surface area contributed by atoms with Gasteiger partial charge in [-0.25, -0.2) is 0 Å². The Morgan fingerprint density at radius 2 is 1.35 bits per heavy atom. The first-order valence-electron chi connectivity index (χ1n) is 5.52. The number of para-hydroxylation sites is 1. The molecule has 0 aromatic heterocycles. The number of rotatable bonds is 2. The van der Waals surface area contributed by atoms with Gasteiger partial charge >= 0.3 is 0 Å². The molecule has 0 bridgehead atoms. The zero-order valence-corrected chi connectivity index (χ0v) is 9.21. The lowest BCUT2D eigenvalue weighted by molar-refractivity contribution is -0.114. The van der Waals surface area contributed by atoms with Gasteiger partial charge in [0.05, 0.1) is 5.70 Å². The lowest BCUT2D eigenvalue weighted by atomic mass is 10.0. The van der Waals surface area contributed by atoms with Gasteiger partial charge in [0.1, 0.15) is 0 Å². The Morgan fingerprint density at radius 3 is 1.94 bits per heavy atom. The summed E-state index contributed by atoms with van der Waals surface area (Å²) in [7, 11) is 0. The average Bonchev–Trinajstić information content (AvgIpc) is 2.38. The highest BCUT2D eigenvalue weighted by atomic mass is 16.2. The summed E-state index contributed by atoms with van der Waals surface area (Å²) < 4.78 is 0. The molecule has 1 aliphatic rings.